The molecule has 3 aromatic rings. The first-order valence-electron chi connectivity index (χ1n) is 8.68. The molecular formula is C20H21N3OS. The zero-order chi connectivity index (χ0) is 17.1. The predicted octanol–water partition coefficient (Wildman–Crippen LogP) is 3.38. The number of amides is 1. The van der Waals surface area contributed by atoms with E-state index in [1.165, 1.54) is 12.0 Å². The summed E-state index contributed by atoms with van der Waals surface area (Å²) in [5.74, 6) is 0.690. The third kappa shape index (κ3) is 3.72. The van der Waals surface area contributed by atoms with E-state index < -0.39 is 0 Å². The first kappa shape index (κ1) is 16.2. The molecular weight excluding hydrogens is 330 g/mol. The molecule has 1 fully saturated rings. The number of hydrogen-bond acceptors (Lipinski definition) is 4. The fraction of sp³-hybridized carbons (Fsp3) is 0.300. The Hall–Kier alpha value is -2.24. The van der Waals surface area contributed by atoms with Crippen molar-refractivity contribution in [3.63, 3.8) is 0 Å². The van der Waals surface area contributed by atoms with Gasteiger partial charge in [0.1, 0.15) is 0 Å². The van der Waals surface area contributed by atoms with E-state index in [0.29, 0.717) is 12.1 Å². The quantitative estimate of drug-likeness (QED) is 0.741. The van der Waals surface area contributed by atoms with Gasteiger partial charge in [-0.05, 0) is 61.2 Å². The third-order valence-electron chi connectivity index (χ3n) is 4.78. The lowest BCUT2D eigenvalue weighted by Gasteiger charge is -2.09. The zero-order valence-electron chi connectivity index (χ0n) is 14.0. The van der Waals surface area contributed by atoms with E-state index in [0.717, 1.165) is 41.2 Å². The summed E-state index contributed by atoms with van der Waals surface area (Å²) in [5, 5.41) is 6.42. The summed E-state index contributed by atoms with van der Waals surface area (Å²) < 4.78 is 1.14. The van der Waals surface area contributed by atoms with E-state index in [2.05, 4.69) is 27.8 Å². The molecule has 0 aliphatic carbocycles. The van der Waals surface area contributed by atoms with Crippen molar-refractivity contribution in [3.8, 4) is 0 Å². The van der Waals surface area contributed by atoms with E-state index in [-0.39, 0.29) is 5.91 Å². The van der Waals surface area contributed by atoms with Crippen LogP contribution in [0, 0.1) is 5.92 Å². The monoisotopic (exact) mass is 351 g/mol. The summed E-state index contributed by atoms with van der Waals surface area (Å²) in [6.07, 6.45) is 2.33. The fourth-order valence-electron chi connectivity index (χ4n) is 3.38. The van der Waals surface area contributed by atoms with E-state index in [9.17, 15) is 4.79 Å². The highest BCUT2D eigenvalue weighted by Gasteiger charge is 2.15. The molecule has 1 amide bonds. The van der Waals surface area contributed by atoms with Gasteiger partial charge in [0.25, 0.3) is 5.91 Å². The maximum absolute atomic E-state index is 12.4. The maximum Gasteiger partial charge on any atom is 0.251 e. The van der Waals surface area contributed by atoms with Gasteiger partial charge in [0.05, 0.1) is 15.7 Å². The van der Waals surface area contributed by atoms with Crippen LogP contribution < -0.4 is 10.6 Å². The second kappa shape index (κ2) is 7.33. The molecule has 128 valence electrons. The van der Waals surface area contributed by atoms with Gasteiger partial charge < -0.3 is 10.6 Å². The van der Waals surface area contributed by atoms with Gasteiger partial charge in [0.2, 0.25) is 0 Å². The SMILES string of the molecule is O=C(NCc1cccc2ncsc12)c1ccc(CC2CCNC2)cc1. The molecule has 1 atom stereocenters. The summed E-state index contributed by atoms with van der Waals surface area (Å²) in [7, 11) is 0. The lowest BCUT2D eigenvalue weighted by atomic mass is 9.98. The van der Waals surface area contributed by atoms with Crippen LogP contribution in [-0.4, -0.2) is 24.0 Å². The third-order valence-corrected chi connectivity index (χ3v) is 5.70. The molecule has 0 bridgehead atoms. The number of nitrogens with one attached hydrogen (secondary N) is 2. The van der Waals surface area contributed by atoms with Gasteiger partial charge in [0.15, 0.2) is 0 Å². The number of rotatable bonds is 5. The number of thiazole rings is 1. The molecule has 2 aromatic carbocycles. The van der Waals surface area contributed by atoms with Crippen molar-refractivity contribution >= 4 is 27.5 Å². The molecule has 1 aliphatic rings. The van der Waals surface area contributed by atoms with Crippen molar-refractivity contribution in [1.82, 2.24) is 15.6 Å². The van der Waals surface area contributed by atoms with Gasteiger partial charge in [-0.15, -0.1) is 11.3 Å². The fourth-order valence-corrected chi connectivity index (χ4v) is 4.18. The molecule has 1 saturated heterocycles. The maximum atomic E-state index is 12.4. The summed E-state index contributed by atoms with van der Waals surface area (Å²) >= 11 is 1.61. The minimum absolute atomic E-state index is 0.0319. The molecule has 2 N–H and O–H groups in total. The molecule has 25 heavy (non-hydrogen) atoms. The van der Waals surface area contributed by atoms with Crippen molar-refractivity contribution in [2.45, 2.75) is 19.4 Å². The number of fused-ring (bicyclic) bond motifs is 1. The Bertz CT molecular complexity index is 866. The molecule has 0 spiro atoms. The first-order valence-corrected chi connectivity index (χ1v) is 9.56. The van der Waals surface area contributed by atoms with Gasteiger partial charge in [0, 0.05) is 12.1 Å². The van der Waals surface area contributed by atoms with Crippen LogP contribution in [0.1, 0.15) is 27.9 Å². The number of aromatic nitrogens is 1. The van der Waals surface area contributed by atoms with Crippen molar-refractivity contribution in [2.24, 2.45) is 5.92 Å². The van der Waals surface area contributed by atoms with Crippen molar-refractivity contribution < 1.29 is 4.79 Å². The van der Waals surface area contributed by atoms with E-state index in [1.807, 2.05) is 35.8 Å². The summed E-state index contributed by atoms with van der Waals surface area (Å²) in [5.41, 5.74) is 5.96. The molecule has 1 aromatic heterocycles. The van der Waals surface area contributed by atoms with Crippen LogP contribution in [0.25, 0.3) is 10.2 Å². The highest BCUT2D eigenvalue weighted by molar-refractivity contribution is 7.16. The molecule has 5 heteroatoms. The number of benzene rings is 2. The number of carbonyl (C=O) groups excluding carboxylic acids is 1. The molecule has 0 radical (unpaired) electrons. The average Bonchev–Trinajstić information content (AvgIpc) is 3.32. The summed E-state index contributed by atoms with van der Waals surface area (Å²) in [6, 6.07) is 14.0. The number of nitrogens with zero attached hydrogens (tertiary/aromatic N) is 1. The topological polar surface area (TPSA) is 54.0 Å². The van der Waals surface area contributed by atoms with E-state index in [4.69, 9.17) is 0 Å². The van der Waals surface area contributed by atoms with Gasteiger partial charge in [-0.3, -0.25) is 4.79 Å². The Morgan fingerprint density at radius 2 is 2.12 bits per heavy atom. The van der Waals surface area contributed by atoms with Gasteiger partial charge in [-0.1, -0.05) is 24.3 Å². The summed E-state index contributed by atoms with van der Waals surface area (Å²) in [4.78, 5) is 16.7. The van der Waals surface area contributed by atoms with Crippen molar-refractivity contribution in [1.29, 1.82) is 0 Å². The normalized spacial score (nSPS) is 17.0. The number of hydrogen-bond donors (Lipinski definition) is 2. The average molecular weight is 351 g/mol. The summed E-state index contributed by atoms with van der Waals surface area (Å²) in [6.45, 7) is 2.75. The zero-order valence-corrected chi connectivity index (χ0v) is 14.8. The Balaban J connectivity index is 1.38. The van der Waals surface area contributed by atoms with Crippen molar-refractivity contribution in [3.05, 3.63) is 64.7 Å². The van der Waals surface area contributed by atoms with Crippen molar-refractivity contribution in [2.75, 3.05) is 13.1 Å². The smallest absolute Gasteiger partial charge is 0.251 e. The molecule has 4 rings (SSSR count). The second-order valence-corrected chi connectivity index (χ2v) is 7.42. The van der Waals surface area contributed by atoms with Crippen LogP contribution >= 0.6 is 11.3 Å². The van der Waals surface area contributed by atoms with Crippen LogP contribution in [0.15, 0.2) is 48.0 Å². The molecule has 1 unspecified atom stereocenters. The molecule has 2 heterocycles. The minimum atomic E-state index is -0.0319. The van der Waals surface area contributed by atoms with E-state index in [1.54, 1.807) is 11.3 Å². The highest BCUT2D eigenvalue weighted by Crippen LogP contribution is 2.22. The first-order chi connectivity index (χ1) is 12.3. The van der Waals surface area contributed by atoms with Crippen LogP contribution in [0.3, 0.4) is 0 Å². The molecule has 4 nitrogen and oxygen atoms in total. The highest BCUT2D eigenvalue weighted by atomic mass is 32.1. The molecule has 0 saturated carbocycles. The number of carbonyl (C=O) groups is 1. The molecule has 1 aliphatic heterocycles. The van der Waals surface area contributed by atoms with Crippen LogP contribution in [0.2, 0.25) is 0 Å². The largest absolute Gasteiger partial charge is 0.348 e. The standard InChI is InChI=1S/C20H21N3OS/c24-20(22-12-17-2-1-3-18-19(17)25-13-23-18)16-6-4-14(5-7-16)10-15-8-9-21-11-15/h1-7,13,15,21H,8-12H2,(H,22,24). The minimum Gasteiger partial charge on any atom is -0.348 e. The van der Waals surface area contributed by atoms with Gasteiger partial charge in [-0.2, -0.15) is 0 Å². The van der Waals surface area contributed by atoms with E-state index >= 15 is 0 Å². The lowest BCUT2D eigenvalue weighted by Crippen LogP contribution is -2.22. The second-order valence-electron chi connectivity index (χ2n) is 6.56. The van der Waals surface area contributed by atoms with Crippen LogP contribution in [-0.2, 0) is 13.0 Å². The predicted molar refractivity (Wildman–Crippen MR) is 102 cm³/mol. The lowest BCUT2D eigenvalue weighted by molar-refractivity contribution is 0.0951. The van der Waals surface area contributed by atoms with Crippen LogP contribution in [0.5, 0.6) is 0 Å². The Morgan fingerprint density at radius 3 is 2.92 bits per heavy atom. The Labute approximate surface area is 151 Å². The van der Waals surface area contributed by atoms with Gasteiger partial charge >= 0.3 is 0 Å². The van der Waals surface area contributed by atoms with Gasteiger partial charge in [-0.25, -0.2) is 4.98 Å². The van der Waals surface area contributed by atoms with Crippen LogP contribution in [0.4, 0.5) is 0 Å². The Kier molecular flexibility index (Phi) is 4.76. The Morgan fingerprint density at radius 1 is 1.24 bits per heavy atom.